The Bertz CT molecular complexity index is 711. The molecule has 1 aromatic heterocycles. The van der Waals surface area contributed by atoms with Gasteiger partial charge in [0.25, 0.3) is 0 Å². The van der Waals surface area contributed by atoms with Crippen molar-refractivity contribution in [2.75, 3.05) is 5.32 Å². The molecule has 4 heteroatoms. The summed E-state index contributed by atoms with van der Waals surface area (Å²) in [6.07, 6.45) is 0. The third-order valence-corrected chi connectivity index (χ3v) is 4.20. The molecular formula is C18H16N2OS. The number of benzene rings is 2. The van der Waals surface area contributed by atoms with Gasteiger partial charge in [0.05, 0.1) is 6.04 Å². The van der Waals surface area contributed by atoms with Crippen LogP contribution in [-0.4, -0.2) is 6.03 Å². The van der Waals surface area contributed by atoms with E-state index in [1.165, 1.54) is 0 Å². The highest BCUT2D eigenvalue weighted by atomic mass is 32.1. The lowest BCUT2D eigenvalue weighted by Crippen LogP contribution is -2.32. The van der Waals surface area contributed by atoms with Crippen LogP contribution in [0.1, 0.15) is 16.5 Å². The van der Waals surface area contributed by atoms with Crippen LogP contribution in [0.5, 0.6) is 0 Å². The summed E-state index contributed by atoms with van der Waals surface area (Å²) >= 11 is 1.63. The van der Waals surface area contributed by atoms with Gasteiger partial charge < -0.3 is 10.6 Å². The highest BCUT2D eigenvalue weighted by molar-refractivity contribution is 7.10. The van der Waals surface area contributed by atoms with Crippen molar-refractivity contribution in [3.8, 4) is 0 Å². The molecule has 2 aromatic carbocycles. The van der Waals surface area contributed by atoms with Crippen LogP contribution in [0.3, 0.4) is 0 Å². The summed E-state index contributed by atoms with van der Waals surface area (Å²) in [5.74, 6) is 0. The number of hydrogen-bond acceptors (Lipinski definition) is 2. The average molecular weight is 308 g/mol. The standard InChI is InChI=1S/C18H16N2OS/c21-18(19-15-10-5-2-6-11-15)20-17(16-12-7-13-22-16)14-8-3-1-4-9-14/h1-13,17H,(H2,19,20,21). The number of carbonyl (C=O) groups excluding carboxylic acids is 1. The van der Waals surface area contributed by atoms with E-state index in [0.717, 1.165) is 16.1 Å². The van der Waals surface area contributed by atoms with Crippen LogP contribution in [-0.2, 0) is 0 Å². The fourth-order valence-corrected chi connectivity index (χ4v) is 3.04. The van der Waals surface area contributed by atoms with E-state index in [2.05, 4.69) is 10.6 Å². The van der Waals surface area contributed by atoms with Crippen LogP contribution in [0.2, 0.25) is 0 Å². The minimum atomic E-state index is -0.214. The number of rotatable bonds is 4. The Labute approximate surface area is 133 Å². The monoisotopic (exact) mass is 308 g/mol. The Morgan fingerprint density at radius 3 is 2.18 bits per heavy atom. The van der Waals surface area contributed by atoms with Gasteiger partial charge in [-0.05, 0) is 29.1 Å². The minimum absolute atomic E-state index is 0.148. The lowest BCUT2D eigenvalue weighted by Gasteiger charge is -2.18. The van der Waals surface area contributed by atoms with E-state index in [-0.39, 0.29) is 12.1 Å². The Morgan fingerprint density at radius 1 is 0.864 bits per heavy atom. The summed E-state index contributed by atoms with van der Waals surface area (Å²) in [4.78, 5) is 13.4. The van der Waals surface area contributed by atoms with E-state index < -0.39 is 0 Å². The molecular weight excluding hydrogens is 292 g/mol. The molecule has 2 N–H and O–H groups in total. The van der Waals surface area contributed by atoms with E-state index in [4.69, 9.17) is 0 Å². The molecule has 1 unspecified atom stereocenters. The second-order valence-corrected chi connectivity index (χ2v) is 5.80. The number of urea groups is 1. The number of para-hydroxylation sites is 1. The lowest BCUT2D eigenvalue weighted by molar-refractivity contribution is 0.250. The van der Waals surface area contributed by atoms with Gasteiger partial charge in [0.1, 0.15) is 0 Å². The van der Waals surface area contributed by atoms with Crippen molar-refractivity contribution in [1.82, 2.24) is 5.32 Å². The van der Waals surface area contributed by atoms with E-state index in [9.17, 15) is 4.79 Å². The number of carbonyl (C=O) groups is 1. The quantitative estimate of drug-likeness (QED) is 0.723. The van der Waals surface area contributed by atoms with Gasteiger partial charge >= 0.3 is 6.03 Å². The summed E-state index contributed by atoms with van der Waals surface area (Å²) in [6.45, 7) is 0. The Hall–Kier alpha value is -2.59. The van der Waals surface area contributed by atoms with Gasteiger partial charge in [0, 0.05) is 10.6 Å². The van der Waals surface area contributed by atoms with Gasteiger partial charge in [-0.3, -0.25) is 0 Å². The number of anilines is 1. The van der Waals surface area contributed by atoms with Crippen LogP contribution in [0, 0.1) is 0 Å². The summed E-state index contributed by atoms with van der Waals surface area (Å²) in [6, 6.07) is 23.1. The summed E-state index contributed by atoms with van der Waals surface area (Å²) < 4.78 is 0. The molecule has 1 heterocycles. The van der Waals surface area contributed by atoms with Crippen LogP contribution in [0.4, 0.5) is 10.5 Å². The second kappa shape index (κ2) is 6.91. The molecule has 0 aliphatic rings. The fraction of sp³-hybridized carbons (Fsp3) is 0.0556. The minimum Gasteiger partial charge on any atom is -0.326 e. The zero-order valence-electron chi connectivity index (χ0n) is 11.9. The molecule has 0 aliphatic carbocycles. The molecule has 0 fully saturated rings. The molecule has 0 bridgehead atoms. The van der Waals surface area contributed by atoms with Gasteiger partial charge in [-0.1, -0.05) is 54.6 Å². The summed E-state index contributed by atoms with van der Waals surface area (Å²) in [7, 11) is 0. The van der Waals surface area contributed by atoms with Crippen LogP contribution >= 0.6 is 11.3 Å². The van der Waals surface area contributed by atoms with E-state index in [0.29, 0.717) is 0 Å². The summed E-state index contributed by atoms with van der Waals surface area (Å²) in [5, 5.41) is 7.92. The third kappa shape index (κ3) is 3.54. The predicted molar refractivity (Wildman–Crippen MR) is 91.2 cm³/mol. The molecule has 0 saturated heterocycles. The molecule has 0 saturated carbocycles. The maximum atomic E-state index is 12.3. The molecule has 0 aliphatic heterocycles. The Morgan fingerprint density at radius 2 is 1.55 bits per heavy atom. The normalized spacial score (nSPS) is 11.6. The Balaban J connectivity index is 1.77. The Kier molecular flexibility index (Phi) is 4.51. The third-order valence-electron chi connectivity index (χ3n) is 3.27. The molecule has 22 heavy (non-hydrogen) atoms. The van der Waals surface area contributed by atoms with Crippen molar-refractivity contribution < 1.29 is 4.79 Å². The molecule has 3 rings (SSSR count). The number of nitrogens with one attached hydrogen (secondary N) is 2. The van der Waals surface area contributed by atoms with Crippen molar-refractivity contribution in [3.63, 3.8) is 0 Å². The number of hydrogen-bond donors (Lipinski definition) is 2. The van der Waals surface area contributed by atoms with E-state index in [1.54, 1.807) is 11.3 Å². The van der Waals surface area contributed by atoms with Crippen molar-refractivity contribution in [2.45, 2.75) is 6.04 Å². The average Bonchev–Trinajstić information content (AvgIpc) is 3.08. The largest absolute Gasteiger partial charge is 0.326 e. The zero-order valence-corrected chi connectivity index (χ0v) is 12.7. The first-order valence-electron chi connectivity index (χ1n) is 7.04. The van der Waals surface area contributed by atoms with Gasteiger partial charge in [-0.15, -0.1) is 11.3 Å². The highest BCUT2D eigenvalue weighted by Crippen LogP contribution is 2.26. The van der Waals surface area contributed by atoms with Gasteiger partial charge in [0.15, 0.2) is 0 Å². The molecule has 1 atom stereocenters. The molecule has 3 aromatic rings. The topological polar surface area (TPSA) is 41.1 Å². The maximum Gasteiger partial charge on any atom is 0.320 e. The maximum absolute atomic E-state index is 12.3. The molecule has 3 nitrogen and oxygen atoms in total. The molecule has 2 amide bonds. The van der Waals surface area contributed by atoms with E-state index in [1.807, 2.05) is 78.2 Å². The first kappa shape index (κ1) is 14.4. The lowest BCUT2D eigenvalue weighted by atomic mass is 10.1. The van der Waals surface area contributed by atoms with Gasteiger partial charge in [0.2, 0.25) is 0 Å². The van der Waals surface area contributed by atoms with E-state index >= 15 is 0 Å². The van der Waals surface area contributed by atoms with Crippen molar-refractivity contribution >= 4 is 23.1 Å². The highest BCUT2D eigenvalue weighted by Gasteiger charge is 2.17. The first-order valence-corrected chi connectivity index (χ1v) is 7.92. The van der Waals surface area contributed by atoms with Crippen LogP contribution < -0.4 is 10.6 Å². The van der Waals surface area contributed by atoms with Gasteiger partial charge in [-0.25, -0.2) is 4.79 Å². The zero-order chi connectivity index (χ0) is 15.2. The molecule has 0 radical (unpaired) electrons. The molecule has 110 valence electrons. The number of amides is 2. The molecule has 0 spiro atoms. The smallest absolute Gasteiger partial charge is 0.320 e. The van der Waals surface area contributed by atoms with Crippen molar-refractivity contribution in [2.24, 2.45) is 0 Å². The fourth-order valence-electron chi connectivity index (χ4n) is 2.24. The summed E-state index contributed by atoms with van der Waals surface area (Å²) in [5.41, 5.74) is 1.84. The predicted octanol–water partition coefficient (Wildman–Crippen LogP) is 4.66. The van der Waals surface area contributed by atoms with Crippen molar-refractivity contribution in [3.05, 3.63) is 88.6 Å². The van der Waals surface area contributed by atoms with Crippen LogP contribution in [0.15, 0.2) is 78.2 Å². The van der Waals surface area contributed by atoms with Gasteiger partial charge in [-0.2, -0.15) is 0 Å². The first-order chi connectivity index (χ1) is 10.8. The SMILES string of the molecule is O=C(Nc1ccccc1)NC(c1ccccc1)c1cccs1. The number of thiophene rings is 1. The second-order valence-electron chi connectivity index (χ2n) is 4.82. The van der Waals surface area contributed by atoms with Crippen molar-refractivity contribution in [1.29, 1.82) is 0 Å². The van der Waals surface area contributed by atoms with Crippen LogP contribution in [0.25, 0.3) is 0 Å².